The van der Waals surface area contributed by atoms with Crippen LogP contribution in [0, 0.1) is 0 Å². The molecule has 112 valence electrons. The second-order valence-corrected chi connectivity index (χ2v) is 4.67. The van der Waals surface area contributed by atoms with E-state index < -0.39 is 12.0 Å². The number of amides is 1. The van der Waals surface area contributed by atoms with Crippen LogP contribution in [0.3, 0.4) is 0 Å². The molecule has 0 aliphatic rings. The second kappa shape index (κ2) is 7.02. The van der Waals surface area contributed by atoms with Gasteiger partial charge in [0.15, 0.2) is 5.69 Å². The molecule has 0 radical (unpaired) electrons. The minimum atomic E-state index is -0.539. The summed E-state index contributed by atoms with van der Waals surface area (Å²) < 4.78 is 6.14. The molecular formula is C13H22N4O3. The van der Waals surface area contributed by atoms with Gasteiger partial charge in [-0.1, -0.05) is 19.1 Å². The lowest BCUT2D eigenvalue weighted by molar-refractivity contribution is -0.124. The fraction of sp³-hybridized carbons (Fsp3) is 0.692. The summed E-state index contributed by atoms with van der Waals surface area (Å²) in [5, 5.41) is 10.6. The minimum absolute atomic E-state index is 0.0959. The molecule has 1 aromatic rings. The van der Waals surface area contributed by atoms with Crippen LogP contribution in [0.1, 0.15) is 56.3 Å². The molecule has 1 rings (SSSR count). The number of methoxy groups -OCH3 is 1. The van der Waals surface area contributed by atoms with E-state index in [0.29, 0.717) is 12.1 Å². The van der Waals surface area contributed by atoms with Gasteiger partial charge in [0.25, 0.3) is 0 Å². The number of esters is 1. The monoisotopic (exact) mass is 282 g/mol. The average Bonchev–Trinajstić information content (AvgIpc) is 2.88. The number of carbonyl (C=O) groups excluding carboxylic acids is 2. The lowest BCUT2D eigenvalue weighted by Gasteiger charge is -2.17. The Morgan fingerprint density at radius 1 is 1.35 bits per heavy atom. The molecule has 0 bridgehead atoms. The highest BCUT2D eigenvalue weighted by molar-refractivity contribution is 5.88. The standard InChI is InChI=1S/C13H22N4O3/c1-6-8(3)14-12(18)9(4)17-10(7-2)11(15-16-17)13(19)20-5/h8-9H,6-7H2,1-5H3,(H,14,18). The topological polar surface area (TPSA) is 86.1 Å². The number of aromatic nitrogens is 3. The van der Waals surface area contributed by atoms with Crippen LogP contribution in [0.5, 0.6) is 0 Å². The van der Waals surface area contributed by atoms with Crippen molar-refractivity contribution in [1.29, 1.82) is 0 Å². The van der Waals surface area contributed by atoms with Gasteiger partial charge >= 0.3 is 5.97 Å². The largest absolute Gasteiger partial charge is 0.464 e. The molecule has 2 unspecified atom stereocenters. The van der Waals surface area contributed by atoms with Crippen molar-refractivity contribution in [2.75, 3.05) is 7.11 Å². The van der Waals surface area contributed by atoms with Gasteiger partial charge in [0.1, 0.15) is 6.04 Å². The molecule has 1 aromatic heterocycles. The summed E-state index contributed by atoms with van der Waals surface area (Å²) >= 11 is 0. The van der Waals surface area contributed by atoms with Crippen molar-refractivity contribution in [3.63, 3.8) is 0 Å². The normalized spacial score (nSPS) is 13.7. The summed E-state index contributed by atoms with van der Waals surface area (Å²) in [5.74, 6) is -0.682. The zero-order chi connectivity index (χ0) is 15.3. The Balaban J connectivity index is 2.98. The molecular weight excluding hydrogens is 260 g/mol. The predicted molar refractivity (Wildman–Crippen MR) is 73.3 cm³/mol. The van der Waals surface area contributed by atoms with Crippen LogP contribution in [0.25, 0.3) is 0 Å². The molecule has 0 aromatic carbocycles. The van der Waals surface area contributed by atoms with Crippen LogP contribution in [0.2, 0.25) is 0 Å². The molecule has 0 aliphatic carbocycles. The van der Waals surface area contributed by atoms with E-state index in [1.54, 1.807) is 6.92 Å². The third-order valence-corrected chi connectivity index (χ3v) is 3.25. The third-order valence-electron chi connectivity index (χ3n) is 3.25. The summed E-state index contributed by atoms with van der Waals surface area (Å²) in [4.78, 5) is 23.7. The van der Waals surface area contributed by atoms with Crippen molar-refractivity contribution >= 4 is 11.9 Å². The van der Waals surface area contributed by atoms with E-state index in [4.69, 9.17) is 0 Å². The maximum absolute atomic E-state index is 12.1. The SMILES string of the molecule is CCc1c(C(=O)OC)nnn1C(C)C(=O)NC(C)CC. The zero-order valence-corrected chi connectivity index (χ0v) is 12.6. The quantitative estimate of drug-likeness (QED) is 0.790. The van der Waals surface area contributed by atoms with Crippen molar-refractivity contribution in [2.45, 2.75) is 52.6 Å². The molecule has 1 amide bonds. The fourth-order valence-electron chi connectivity index (χ4n) is 1.79. The fourth-order valence-corrected chi connectivity index (χ4v) is 1.79. The summed E-state index contributed by atoms with van der Waals surface area (Å²) in [6.07, 6.45) is 1.39. The highest BCUT2D eigenvalue weighted by Crippen LogP contribution is 2.14. The van der Waals surface area contributed by atoms with E-state index >= 15 is 0 Å². The van der Waals surface area contributed by atoms with Crippen LogP contribution in [0.4, 0.5) is 0 Å². The molecule has 1 N–H and O–H groups in total. The van der Waals surface area contributed by atoms with E-state index in [2.05, 4.69) is 20.4 Å². The van der Waals surface area contributed by atoms with E-state index in [-0.39, 0.29) is 17.6 Å². The Hall–Kier alpha value is -1.92. The van der Waals surface area contributed by atoms with Crippen molar-refractivity contribution in [3.8, 4) is 0 Å². The van der Waals surface area contributed by atoms with Gasteiger partial charge in [0, 0.05) is 6.04 Å². The van der Waals surface area contributed by atoms with Crippen molar-refractivity contribution in [1.82, 2.24) is 20.3 Å². The number of ether oxygens (including phenoxy) is 1. The molecule has 0 saturated carbocycles. The number of hydrogen-bond acceptors (Lipinski definition) is 5. The Kier molecular flexibility index (Phi) is 5.66. The number of nitrogens with one attached hydrogen (secondary N) is 1. The number of hydrogen-bond donors (Lipinski definition) is 1. The van der Waals surface area contributed by atoms with E-state index in [0.717, 1.165) is 6.42 Å². The highest BCUT2D eigenvalue weighted by Gasteiger charge is 2.25. The molecule has 1 heterocycles. The van der Waals surface area contributed by atoms with Crippen LogP contribution >= 0.6 is 0 Å². The third kappa shape index (κ3) is 3.34. The van der Waals surface area contributed by atoms with Gasteiger partial charge in [-0.05, 0) is 26.7 Å². The van der Waals surface area contributed by atoms with E-state index in [1.165, 1.54) is 11.8 Å². The molecule has 0 fully saturated rings. The lowest BCUT2D eigenvalue weighted by atomic mass is 10.2. The first-order valence-electron chi connectivity index (χ1n) is 6.78. The molecule has 0 aliphatic heterocycles. The van der Waals surface area contributed by atoms with Crippen LogP contribution < -0.4 is 5.32 Å². The zero-order valence-electron chi connectivity index (χ0n) is 12.6. The van der Waals surface area contributed by atoms with Gasteiger partial charge in [-0.15, -0.1) is 5.10 Å². The summed E-state index contributed by atoms with van der Waals surface area (Å²) in [6.45, 7) is 7.54. The van der Waals surface area contributed by atoms with Crippen molar-refractivity contribution in [2.24, 2.45) is 0 Å². The molecule has 7 nitrogen and oxygen atoms in total. The van der Waals surface area contributed by atoms with Gasteiger partial charge in [0.05, 0.1) is 12.8 Å². The molecule has 0 spiro atoms. The maximum atomic E-state index is 12.1. The number of nitrogens with zero attached hydrogens (tertiary/aromatic N) is 3. The second-order valence-electron chi connectivity index (χ2n) is 4.67. The first-order chi connectivity index (χ1) is 9.46. The first kappa shape index (κ1) is 16.1. The van der Waals surface area contributed by atoms with Gasteiger partial charge < -0.3 is 10.1 Å². The Bertz CT molecular complexity index is 484. The highest BCUT2D eigenvalue weighted by atomic mass is 16.5. The van der Waals surface area contributed by atoms with Crippen LogP contribution in [-0.4, -0.2) is 40.0 Å². The molecule has 7 heteroatoms. The van der Waals surface area contributed by atoms with Gasteiger partial charge in [-0.3, -0.25) is 4.79 Å². The Morgan fingerprint density at radius 2 is 2.00 bits per heavy atom. The van der Waals surface area contributed by atoms with E-state index in [9.17, 15) is 9.59 Å². The molecule has 0 saturated heterocycles. The van der Waals surface area contributed by atoms with Gasteiger partial charge in [-0.2, -0.15) is 0 Å². The average molecular weight is 282 g/mol. The number of carbonyl (C=O) groups is 2. The van der Waals surface area contributed by atoms with Crippen LogP contribution in [-0.2, 0) is 16.0 Å². The van der Waals surface area contributed by atoms with Crippen LogP contribution in [0.15, 0.2) is 0 Å². The minimum Gasteiger partial charge on any atom is -0.464 e. The maximum Gasteiger partial charge on any atom is 0.360 e. The number of rotatable bonds is 6. The van der Waals surface area contributed by atoms with Crippen molar-refractivity contribution in [3.05, 3.63) is 11.4 Å². The lowest BCUT2D eigenvalue weighted by Crippen LogP contribution is -2.37. The van der Waals surface area contributed by atoms with Gasteiger partial charge in [-0.25, -0.2) is 9.48 Å². The summed E-state index contributed by atoms with van der Waals surface area (Å²) in [6, 6.07) is -0.427. The van der Waals surface area contributed by atoms with E-state index in [1.807, 2.05) is 20.8 Å². The first-order valence-corrected chi connectivity index (χ1v) is 6.78. The smallest absolute Gasteiger partial charge is 0.360 e. The predicted octanol–water partition coefficient (Wildman–Crippen LogP) is 1.10. The molecule has 20 heavy (non-hydrogen) atoms. The molecule has 2 atom stereocenters. The summed E-state index contributed by atoms with van der Waals surface area (Å²) in [5.41, 5.74) is 0.766. The Labute approximate surface area is 118 Å². The van der Waals surface area contributed by atoms with Crippen molar-refractivity contribution < 1.29 is 14.3 Å². The summed E-state index contributed by atoms with van der Waals surface area (Å²) in [7, 11) is 1.29. The Morgan fingerprint density at radius 3 is 2.50 bits per heavy atom. The van der Waals surface area contributed by atoms with Gasteiger partial charge in [0.2, 0.25) is 5.91 Å².